The highest BCUT2D eigenvalue weighted by atomic mass is 32.1. The van der Waals surface area contributed by atoms with E-state index in [1.165, 1.54) is 16.9 Å². The maximum absolute atomic E-state index is 12.8. The highest BCUT2D eigenvalue weighted by molar-refractivity contribution is 7.09. The SMILES string of the molecule is CC(C)c1ccc(OCc2nc(C(=O)N[C@H]3CCCC[C@@H]3NC(=O)CC(C)(C)C)cs2)cc1. The van der Waals surface area contributed by atoms with Crippen molar-refractivity contribution in [1.82, 2.24) is 15.6 Å². The van der Waals surface area contributed by atoms with Crippen LogP contribution in [0.3, 0.4) is 0 Å². The molecule has 6 nitrogen and oxygen atoms in total. The average Bonchev–Trinajstić information content (AvgIpc) is 3.22. The first kappa shape index (κ1) is 25.2. The molecule has 1 aliphatic rings. The molecule has 0 aliphatic heterocycles. The molecule has 0 unspecified atom stereocenters. The Hall–Kier alpha value is -2.41. The van der Waals surface area contributed by atoms with E-state index < -0.39 is 0 Å². The van der Waals surface area contributed by atoms with Crippen LogP contribution in [0.25, 0.3) is 0 Å². The average molecular weight is 472 g/mol. The number of nitrogens with zero attached hydrogens (tertiary/aromatic N) is 1. The maximum Gasteiger partial charge on any atom is 0.271 e. The minimum absolute atomic E-state index is 0.0344. The minimum Gasteiger partial charge on any atom is -0.486 e. The Bertz CT molecular complexity index is 931. The van der Waals surface area contributed by atoms with E-state index >= 15 is 0 Å². The van der Waals surface area contributed by atoms with Gasteiger partial charge in [-0.15, -0.1) is 11.3 Å². The van der Waals surface area contributed by atoms with E-state index in [0.29, 0.717) is 24.6 Å². The summed E-state index contributed by atoms with van der Waals surface area (Å²) < 4.78 is 5.84. The van der Waals surface area contributed by atoms with Gasteiger partial charge in [-0.3, -0.25) is 9.59 Å². The number of rotatable bonds is 8. The van der Waals surface area contributed by atoms with E-state index in [0.717, 1.165) is 36.4 Å². The van der Waals surface area contributed by atoms with Gasteiger partial charge in [0, 0.05) is 23.9 Å². The van der Waals surface area contributed by atoms with Crippen LogP contribution >= 0.6 is 11.3 Å². The third-order valence-corrected chi connectivity index (χ3v) is 6.64. The van der Waals surface area contributed by atoms with Gasteiger partial charge >= 0.3 is 0 Å². The number of carbonyl (C=O) groups excluding carboxylic acids is 2. The van der Waals surface area contributed by atoms with Gasteiger partial charge in [0.15, 0.2) is 0 Å². The molecule has 0 spiro atoms. The molecule has 7 heteroatoms. The predicted octanol–water partition coefficient (Wildman–Crippen LogP) is 5.44. The normalized spacial score (nSPS) is 18.7. The summed E-state index contributed by atoms with van der Waals surface area (Å²) in [5, 5.41) is 8.78. The van der Waals surface area contributed by atoms with Crippen LogP contribution in [-0.4, -0.2) is 28.9 Å². The number of benzene rings is 1. The molecule has 0 bridgehead atoms. The van der Waals surface area contributed by atoms with E-state index in [9.17, 15) is 9.59 Å². The van der Waals surface area contributed by atoms with Crippen LogP contribution in [0.2, 0.25) is 0 Å². The van der Waals surface area contributed by atoms with Gasteiger partial charge in [0.2, 0.25) is 5.91 Å². The van der Waals surface area contributed by atoms with Gasteiger partial charge in [0.25, 0.3) is 5.91 Å². The lowest BCUT2D eigenvalue weighted by atomic mass is 9.88. The Morgan fingerprint density at radius 2 is 1.73 bits per heavy atom. The molecule has 1 heterocycles. The first-order chi connectivity index (χ1) is 15.6. The van der Waals surface area contributed by atoms with Crippen LogP contribution in [-0.2, 0) is 11.4 Å². The zero-order valence-corrected chi connectivity index (χ0v) is 21.3. The maximum atomic E-state index is 12.8. The van der Waals surface area contributed by atoms with Gasteiger partial charge < -0.3 is 15.4 Å². The van der Waals surface area contributed by atoms with Gasteiger partial charge in [0.1, 0.15) is 23.1 Å². The molecule has 3 rings (SSSR count). The molecule has 1 aromatic heterocycles. The summed E-state index contributed by atoms with van der Waals surface area (Å²) in [5.74, 6) is 1.12. The Morgan fingerprint density at radius 3 is 2.33 bits per heavy atom. The lowest BCUT2D eigenvalue weighted by Crippen LogP contribution is -2.53. The van der Waals surface area contributed by atoms with Crippen molar-refractivity contribution in [3.63, 3.8) is 0 Å². The molecule has 0 saturated heterocycles. The summed E-state index contributed by atoms with van der Waals surface area (Å²) >= 11 is 1.42. The number of ether oxygens (including phenoxy) is 1. The van der Waals surface area contributed by atoms with Gasteiger partial charge in [-0.2, -0.15) is 0 Å². The van der Waals surface area contributed by atoms with E-state index in [1.807, 2.05) is 12.1 Å². The molecule has 1 aromatic carbocycles. The second-order valence-electron chi connectivity index (χ2n) is 10.4. The molecule has 0 radical (unpaired) electrons. The number of hydrogen-bond donors (Lipinski definition) is 2. The number of hydrogen-bond acceptors (Lipinski definition) is 5. The van der Waals surface area contributed by atoms with Gasteiger partial charge in [0.05, 0.1) is 0 Å². The molecule has 33 heavy (non-hydrogen) atoms. The fourth-order valence-corrected chi connectivity index (χ4v) is 4.72. The van der Waals surface area contributed by atoms with Crippen LogP contribution in [0.5, 0.6) is 5.75 Å². The van der Waals surface area contributed by atoms with Crippen molar-refractivity contribution in [2.75, 3.05) is 0 Å². The quantitative estimate of drug-likeness (QED) is 0.537. The van der Waals surface area contributed by atoms with Gasteiger partial charge in [-0.25, -0.2) is 4.98 Å². The highest BCUT2D eigenvalue weighted by Gasteiger charge is 2.29. The lowest BCUT2D eigenvalue weighted by molar-refractivity contribution is -0.123. The van der Waals surface area contributed by atoms with Crippen molar-refractivity contribution < 1.29 is 14.3 Å². The second kappa shape index (κ2) is 11.1. The monoisotopic (exact) mass is 471 g/mol. The third kappa shape index (κ3) is 7.84. The molecule has 180 valence electrons. The van der Waals surface area contributed by atoms with Crippen LogP contribution in [0, 0.1) is 5.41 Å². The van der Waals surface area contributed by atoms with Crippen molar-refractivity contribution in [1.29, 1.82) is 0 Å². The van der Waals surface area contributed by atoms with Crippen molar-refractivity contribution in [3.8, 4) is 5.75 Å². The Kier molecular flexibility index (Phi) is 8.51. The molecule has 2 atom stereocenters. The van der Waals surface area contributed by atoms with Crippen molar-refractivity contribution in [2.45, 2.75) is 91.3 Å². The van der Waals surface area contributed by atoms with Gasteiger partial charge in [-0.1, -0.05) is 59.6 Å². The summed E-state index contributed by atoms with van der Waals surface area (Å²) in [6.45, 7) is 10.8. The summed E-state index contributed by atoms with van der Waals surface area (Å²) in [6, 6.07) is 7.97. The lowest BCUT2D eigenvalue weighted by Gasteiger charge is -2.33. The molecule has 2 N–H and O–H groups in total. The van der Waals surface area contributed by atoms with E-state index in [1.54, 1.807) is 5.38 Å². The van der Waals surface area contributed by atoms with Crippen molar-refractivity contribution in [2.24, 2.45) is 5.41 Å². The first-order valence-corrected chi connectivity index (χ1v) is 12.8. The first-order valence-electron chi connectivity index (χ1n) is 11.9. The highest BCUT2D eigenvalue weighted by Crippen LogP contribution is 2.23. The predicted molar refractivity (Wildman–Crippen MR) is 133 cm³/mol. The van der Waals surface area contributed by atoms with Crippen LogP contribution < -0.4 is 15.4 Å². The summed E-state index contributed by atoms with van der Waals surface area (Å²) in [7, 11) is 0. The summed E-state index contributed by atoms with van der Waals surface area (Å²) in [6.07, 6.45) is 4.32. The minimum atomic E-state index is -0.194. The number of aromatic nitrogens is 1. The Morgan fingerprint density at radius 1 is 1.09 bits per heavy atom. The van der Waals surface area contributed by atoms with Crippen LogP contribution in [0.4, 0.5) is 0 Å². The van der Waals surface area contributed by atoms with E-state index in [2.05, 4.69) is 62.4 Å². The van der Waals surface area contributed by atoms with E-state index in [4.69, 9.17) is 4.74 Å². The van der Waals surface area contributed by atoms with Crippen molar-refractivity contribution in [3.05, 3.63) is 45.9 Å². The zero-order chi connectivity index (χ0) is 24.0. The molecular formula is C26H37N3O3S. The zero-order valence-electron chi connectivity index (χ0n) is 20.4. The van der Waals surface area contributed by atoms with Gasteiger partial charge in [-0.05, 0) is 41.9 Å². The van der Waals surface area contributed by atoms with Crippen LogP contribution in [0.15, 0.2) is 29.6 Å². The van der Waals surface area contributed by atoms with Crippen molar-refractivity contribution >= 4 is 23.2 Å². The topological polar surface area (TPSA) is 80.3 Å². The number of amides is 2. The third-order valence-electron chi connectivity index (χ3n) is 5.81. The molecule has 1 fully saturated rings. The van der Waals surface area contributed by atoms with E-state index in [-0.39, 0.29) is 29.3 Å². The summed E-state index contributed by atoms with van der Waals surface area (Å²) in [4.78, 5) is 29.7. The Balaban J connectivity index is 1.53. The standard InChI is InChI=1S/C26H37N3O3S/c1-17(2)18-10-12-19(13-11-18)32-15-24-28-22(16-33-24)25(31)29-21-9-7-6-8-20(21)27-23(30)14-26(3,4)5/h10-13,16-17,20-21H,6-9,14-15H2,1-5H3,(H,27,30)(H,29,31)/t20-,21-/m0/s1. The number of carbonyl (C=O) groups is 2. The number of thiazole rings is 1. The number of nitrogens with one attached hydrogen (secondary N) is 2. The molecule has 2 aromatic rings. The fourth-order valence-electron chi connectivity index (χ4n) is 4.03. The summed E-state index contributed by atoms with van der Waals surface area (Å²) in [5.41, 5.74) is 1.61. The molecular weight excluding hydrogens is 434 g/mol. The second-order valence-corrected chi connectivity index (χ2v) is 11.4. The molecule has 2 amide bonds. The smallest absolute Gasteiger partial charge is 0.271 e. The largest absolute Gasteiger partial charge is 0.486 e. The Labute approximate surface area is 201 Å². The van der Waals surface area contributed by atoms with Crippen LogP contribution in [0.1, 0.15) is 93.7 Å². The fraction of sp³-hybridized carbons (Fsp3) is 0.577. The molecule has 1 saturated carbocycles. The molecule has 1 aliphatic carbocycles.